The molecule has 0 aromatic rings. The minimum atomic E-state index is -4.38. The maximum atomic E-state index is 12.6. The molecule has 3 N–H and O–H groups in total. The van der Waals surface area contributed by atoms with E-state index in [1.54, 1.807) is 0 Å². The van der Waals surface area contributed by atoms with Crippen LogP contribution in [0.1, 0.15) is 206 Å². The molecule has 312 valence electrons. The fourth-order valence-corrected chi connectivity index (χ4v) is 6.80. The molecule has 0 radical (unpaired) electrons. The molecule has 1 unspecified atom stereocenters. The smallest absolute Gasteiger partial charge is 0.462 e. The summed E-state index contributed by atoms with van der Waals surface area (Å²) in [4.78, 5) is 34.8. The number of nitrogens with two attached hydrogens (primary N) is 1. The van der Waals surface area contributed by atoms with Crippen LogP contribution in [-0.2, 0) is 32.7 Å². The van der Waals surface area contributed by atoms with E-state index in [0.29, 0.717) is 6.42 Å². The van der Waals surface area contributed by atoms with E-state index in [9.17, 15) is 19.0 Å². The summed E-state index contributed by atoms with van der Waals surface area (Å²) in [7, 11) is -4.38. The highest BCUT2D eigenvalue weighted by atomic mass is 31.2. The van der Waals surface area contributed by atoms with Crippen LogP contribution in [0.15, 0.2) is 24.3 Å². The van der Waals surface area contributed by atoms with E-state index >= 15 is 0 Å². The molecule has 2 atom stereocenters. The zero-order chi connectivity index (χ0) is 38.9. The van der Waals surface area contributed by atoms with Gasteiger partial charge in [0.15, 0.2) is 6.10 Å². The Morgan fingerprint density at radius 3 is 1.34 bits per heavy atom. The van der Waals surface area contributed by atoms with Crippen LogP contribution < -0.4 is 5.73 Å². The van der Waals surface area contributed by atoms with Gasteiger partial charge in [-0.15, -0.1) is 0 Å². The quantitative estimate of drug-likeness (QED) is 0.0269. The number of carbonyl (C=O) groups excluding carboxylic acids is 2. The van der Waals surface area contributed by atoms with Gasteiger partial charge in [0.2, 0.25) is 0 Å². The average Bonchev–Trinajstić information content (AvgIpc) is 3.14. The molecule has 0 heterocycles. The lowest BCUT2D eigenvalue weighted by atomic mass is 10.1. The molecule has 10 heteroatoms. The zero-order valence-corrected chi connectivity index (χ0v) is 35.2. The lowest BCUT2D eigenvalue weighted by molar-refractivity contribution is -0.161. The maximum Gasteiger partial charge on any atom is 0.472 e. The molecular weight excluding hydrogens is 689 g/mol. The highest BCUT2D eigenvalue weighted by molar-refractivity contribution is 7.47. The number of unbranched alkanes of at least 4 members (excludes halogenated alkanes) is 24. The van der Waals surface area contributed by atoms with Gasteiger partial charge in [0.1, 0.15) is 6.61 Å². The van der Waals surface area contributed by atoms with Crippen LogP contribution in [0.25, 0.3) is 0 Å². The largest absolute Gasteiger partial charge is 0.472 e. The highest BCUT2D eigenvalue weighted by Crippen LogP contribution is 2.43. The van der Waals surface area contributed by atoms with Crippen molar-refractivity contribution >= 4 is 19.8 Å². The fraction of sp³-hybridized carbons (Fsp3) is 0.860. The molecule has 0 fully saturated rings. The van der Waals surface area contributed by atoms with Crippen molar-refractivity contribution in [1.29, 1.82) is 0 Å². The molecule has 0 aliphatic rings. The van der Waals surface area contributed by atoms with Gasteiger partial charge in [-0.05, 0) is 64.2 Å². The molecular formula is C43H82NO8P. The third kappa shape index (κ3) is 40.0. The molecule has 0 saturated heterocycles. The summed E-state index contributed by atoms with van der Waals surface area (Å²) >= 11 is 0. The van der Waals surface area contributed by atoms with Crippen LogP contribution in [-0.4, -0.2) is 49.3 Å². The first kappa shape index (κ1) is 51.5. The van der Waals surface area contributed by atoms with Crippen molar-refractivity contribution in [3.63, 3.8) is 0 Å². The normalized spacial score (nSPS) is 13.5. The first-order valence-corrected chi connectivity index (χ1v) is 23.3. The summed E-state index contributed by atoms with van der Waals surface area (Å²) in [6.07, 6.45) is 42.0. The van der Waals surface area contributed by atoms with E-state index in [1.807, 2.05) is 0 Å². The van der Waals surface area contributed by atoms with Crippen LogP contribution in [0.4, 0.5) is 0 Å². The number of phosphoric acid groups is 1. The predicted octanol–water partition coefficient (Wildman–Crippen LogP) is 12.4. The molecule has 9 nitrogen and oxygen atoms in total. The van der Waals surface area contributed by atoms with Crippen molar-refractivity contribution in [1.82, 2.24) is 0 Å². The molecule has 0 aliphatic carbocycles. The minimum Gasteiger partial charge on any atom is -0.462 e. The van der Waals surface area contributed by atoms with Gasteiger partial charge in [-0.1, -0.05) is 154 Å². The van der Waals surface area contributed by atoms with E-state index in [2.05, 4.69) is 38.2 Å². The van der Waals surface area contributed by atoms with Gasteiger partial charge in [0.05, 0.1) is 13.2 Å². The van der Waals surface area contributed by atoms with E-state index in [0.717, 1.165) is 70.6 Å². The molecule has 0 bridgehead atoms. The Kier molecular flexibility index (Phi) is 39.0. The first-order valence-electron chi connectivity index (χ1n) is 21.8. The monoisotopic (exact) mass is 772 g/mol. The zero-order valence-electron chi connectivity index (χ0n) is 34.3. The van der Waals surface area contributed by atoms with Crippen molar-refractivity contribution in [3.8, 4) is 0 Å². The van der Waals surface area contributed by atoms with E-state index in [-0.39, 0.29) is 32.6 Å². The van der Waals surface area contributed by atoms with Crippen molar-refractivity contribution in [2.75, 3.05) is 26.4 Å². The maximum absolute atomic E-state index is 12.6. The molecule has 0 spiro atoms. The second-order valence-corrected chi connectivity index (χ2v) is 16.0. The van der Waals surface area contributed by atoms with Crippen LogP contribution in [0.3, 0.4) is 0 Å². The number of rotatable bonds is 41. The Bertz CT molecular complexity index is 928. The molecule has 0 aliphatic heterocycles. The van der Waals surface area contributed by atoms with Gasteiger partial charge in [-0.2, -0.15) is 0 Å². The number of phosphoric ester groups is 1. The highest BCUT2D eigenvalue weighted by Gasteiger charge is 2.26. The average molecular weight is 772 g/mol. The number of carbonyl (C=O) groups is 2. The van der Waals surface area contributed by atoms with Crippen molar-refractivity contribution < 1.29 is 37.6 Å². The molecule has 0 rings (SSSR count). The summed E-state index contributed by atoms with van der Waals surface area (Å²) in [6.45, 7) is 3.72. The number of allylic oxidation sites excluding steroid dienone is 4. The summed E-state index contributed by atoms with van der Waals surface area (Å²) in [5.74, 6) is -0.843. The summed E-state index contributed by atoms with van der Waals surface area (Å²) in [5, 5.41) is 0. The lowest BCUT2D eigenvalue weighted by Crippen LogP contribution is -2.29. The van der Waals surface area contributed by atoms with E-state index < -0.39 is 32.5 Å². The molecule has 53 heavy (non-hydrogen) atoms. The SMILES string of the molecule is CCCCCCCCC/C=C\CCCCCCCC(=O)OC[C@H](COP(=O)(O)OCCN)OC(=O)CCCCCCC/C=C\CCCCCCCCC. The predicted molar refractivity (Wildman–Crippen MR) is 220 cm³/mol. The second-order valence-electron chi connectivity index (χ2n) is 14.6. The van der Waals surface area contributed by atoms with Crippen LogP contribution in [0.2, 0.25) is 0 Å². The van der Waals surface area contributed by atoms with Crippen molar-refractivity contribution in [2.24, 2.45) is 5.73 Å². The van der Waals surface area contributed by atoms with E-state index in [1.165, 1.54) is 103 Å². The third-order valence-electron chi connectivity index (χ3n) is 9.31. The fourth-order valence-electron chi connectivity index (χ4n) is 6.04. The van der Waals surface area contributed by atoms with Gasteiger partial charge >= 0.3 is 19.8 Å². The topological polar surface area (TPSA) is 134 Å². The number of hydrogen-bond donors (Lipinski definition) is 2. The van der Waals surface area contributed by atoms with Crippen LogP contribution >= 0.6 is 7.82 Å². The number of ether oxygens (including phenoxy) is 2. The summed E-state index contributed by atoms with van der Waals surface area (Å²) in [6, 6.07) is 0. The Morgan fingerprint density at radius 1 is 0.547 bits per heavy atom. The van der Waals surface area contributed by atoms with Gasteiger partial charge in [-0.25, -0.2) is 4.57 Å². The van der Waals surface area contributed by atoms with Crippen LogP contribution in [0.5, 0.6) is 0 Å². The Balaban J connectivity index is 4.17. The van der Waals surface area contributed by atoms with Gasteiger partial charge in [-0.3, -0.25) is 18.6 Å². The number of hydrogen-bond acceptors (Lipinski definition) is 8. The third-order valence-corrected chi connectivity index (χ3v) is 10.3. The van der Waals surface area contributed by atoms with Crippen molar-refractivity contribution in [3.05, 3.63) is 24.3 Å². The molecule has 0 aromatic carbocycles. The standard InChI is InChI=1S/C43H82NO8P/c1-3-5-7-9-11-13-15-17-19-21-23-25-27-29-31-33-35-42(45)49-39-41(40-51-53(47,48)50-38-37-44)52-43(46)36-34-32-30-28-26-24-22-20-18-16-14-12-10-8-6-4-2/h19-22,41H,3-18,23-40,44H2,1-2H3,(H,47,48)/b21-19-,22-20-/t41-/m1/s1. The lowest BCUT2D eigenvalue weighted by Gasteiger charge is -2.19. The number of esters is 2. The molecule has 0 amide bonds. The van der Waals surface area contributed by atoms with Crippen molar-refractivity contribution in [2.45, 2.75) is 213 Å². The van der Waals surface area contributed by atoms with Gasteiger partial charge in [0, 0.05) is 19.4 Å². The summed E-state index contributed by atoms with van der Waals surface area (Å²) < 4.78 is 32.8. The summed E-state index contributed by atoms with van der Waals surface area (Å²) in [5.41, 5.74) is 5.34. The van der Waals surface area contributed by atoms with Gasteiger partial charge in [0.25, 0.3) is 0 Å². The molecule has 0 aromatic heterocycles. The molecule has 0 saturated carbocycles. The van der Waals surface area contributed by atoms with E-state index in [4.69, 9.17) is 24.3 Å². The Hall–Kier alpha value is -1.51. The van der Waals surface area contributed by atoms with Gasteiger partial charge < -0.3 is 20.1 Å². The van der Waals surface area contributed by atoms with Crippen LogP contribution in [0, 0.1) is 0 Å². The first-order chi connectivity index (χ1) is 25.8. The minimum absolute atomic E-state index is 0.0519. The Morgan fingerprint density at radius 2 is 0.925 bits per heavy atom. The Labute approximate surface area is 325 Å². The second kappa shape index (κ2) is 40.2.